The van der Waals surface area contributed by atoms with Gasteiger partial charge in [0.15, 0.2) is 0 Å². The first-order chi connectivity index (χ1) is 9.78. The van der Waals surface area contributed by atoms with Crippen molar-refractivity contribution in [2.24, 2.45) is 0 Å². The molecule has 5 nitrogen and oxygen atoms in total. The number of ether oxygens (including phenoxy) is 2. The maximum absolute atomic E-state index is 9.06. The monoisotopic (exact) mass is 270 g/mol. The number of fused-ring (bicyclic) bond motifs is 1. The zero-order chi connectivity index (χ0) is 13.9. The van der Waals surface area contributed by atoms with Crippen molar-refractivity contribution < 1.29 is 14.6 Å². The Bertz CT molecular complexity index is 720. The third kappa shape index (κ3) is 2.44. The van der Waals surface area contributed by atoms with Crippen molar-refractivity contribution >= 4 is 11.0 Å². The summed E-state index contributed by atoms with van der Waals surface area (Å²) in [7, 11) is 1.63. The normalized spacial score (nSPS) is 10.7. The van der Waals surface area contributed by atoms with Gasteiger partial charge in [0, 0.05) is 6.07 Å². The Kier molecular flexibility index (Phi) is 3.26. The quantitative estimate of drug-likeness (QED) is 0.765. The first-order valence-corrected chi connectivity index (χ1v) is 6.20. The van der Waals surface area contributed by atoms with Crippen molar-refractivity contribution in [1.82, 2.24) is 9.97 Å². The van der Waals surface area contributed by atoms with Gasteiger partial charge in [-0.25, -0.2) is 4.98 Å². The summed E-state index contributed by atoms with van der Waals surface area (Å²) in [6.45, 7) is -0.108. The fraction of sp³-hybridized carbons (Fsp3) is 0.133. The Labute approximate surface area is 115 Å². The van der Waals surface area contributed by atoms with Gasteiger partial charge in [0.2, 0.25) is 0 Å². The molecule has 0 aliphatic heterocycles. The maximum atomic E-state index is 9.06. The maximum Gasteiger partial charge on any atom is 0.133 e. The minimum absolute atomic E-state index is 0.108. The Morgan fingerprint density at radius 1 is 1.05 bits per heavy atom. The minimum atomic E-state index is -0.108. The van der Waals surface area contributed by atoms with Crippen LogP contribution in [-0.2, 0) is 6.61 Å². The van der Waals surface area contributed by atoms with E-state index >= 15 is 0 Å². The Morgan fingerprint density at radius 3 is 2.45 bits per heavy atom. The molecule has 1 aromatic heterocycles. The molecule has 0 atom stereocenters. The van der Waals surface area contributed by atoms with Gasteiger partial charge in [0.05, 0.1) is 18.1 Å². The Hall–Kier alpha value is -2.53. The second kappa shape index (κ2) is 5.22. The van der Waals surface area contributed by atoms with Crippen LogP contribution in [0.1, 0.15) is 5.82 Å². The minimum Gasteiger partial charge on any atom is -0.497 e. The predicted molar refractivity (Wildman–Crippen MR) is 75.1 cm³/mol. The number of hydrogen-bond donors (Lipinski definition) is 2. The molecule has 102 valence electrons. The molecule has 20 heavy (non-hydrogen) atoms. The topological polar surface area (TPSA) is 67.4 Å². The van der Waals surface area contributed by atoms with Crippen LogP contribution in [0, 0.1) is 0 Å². The van der Waals surface area contributed by atoms with Crippen LogP contribution in [0.3, 0.4) is 0 Å². The van der Waals surface area contributed by atoms with Gasteiger partial charge < -0.3 is 19.6 Å². The summed E-state index contributed by atoms with van der Waals surface area (Å²) < 4.78 is 10.9. The molecule has 1 heterocycles. The molecule has 0 amide bonds. The predicted octanol–water partition coefficient (Wildman–Crippen LogP) is 2.86. The van der Waals surface area contributed by atoms with Crippen LogP contribution in [0.25, 0.3) is 11.0 Å². The lowest BCUT2D eigenvalue weighted by atomic mass is 10.3. The Balaban J connectivity index is 1.85. The SMILES string of the molecule is COc1ccc(Oc2ccc3[nH]c(CO)nc3c2)cc1. The zero-order valence-corrected chi connectivity index (χ0v) is 11.0. The van der Waals surface area contributed by atoms with Crippen molar-refractivity contribution in [3.05, 3.63) is 48.3 Å². The molecule has 0 spiro atoms. The van der Waals surface area contributed by atoms with Gasteiger partial charge in [-0.1, -0.05) is 0 Å². The van der Waals surface area contributed by atoms with Gasteiger partial charge in [-0.05, 0) is 36.4 Å². The molecule has 0 fully saturated rings. The van der Waals surface area contributed by atoms with Gasteiger partial charge in [0.1, 0.15) is 29.7 Å². The number of aliphatic hydroxyl groups excluding tert-OH is 1. The number of benzene rings is 2. The molecule has 5 heteroatoms. The molecule has 0 unspecified atom stereocenters. The summed E-state index contributed by atoms with van der Waals surface area (Å²) >= 11 is 0. The lowest BCUT2D eigenvalue weighted by Crippen LogP contribution is -1.85. The highest BCUT2D eigenvalue weighted by atomic mass is 16.5. The number of hydrogen-bond acceptors (Lipinski definition) is 4. The average molecular weight is 270 g/mol. The average Bonchev–Trinajstić information content (AvgIpc) is 2.90. The molecule has 3 aromatic rings. The van der Waals surface area contributed by atoms with E-state index in [0.29, 0.717) is 11.6 Å². The van der Waals surface area contributed by atoms with Crippen molar-refractivity contribution in [2.45, 2.75) is 6.61 Å². The van der Waals surface area contributed by atoms with Crippen LogP contribution in [0.4, 0.5) is 0 Å². The van der Waals surface area contributed by atoms with E-state index < -0.39 is 0 Å². The van der Waals surface area contributed by atoms with E-state index in [2.05, 4.69) is 9.97 Å². The van der Waals surface area contributed by atoms with E-state index in [1.54, 1.807) is 7.11 Å². The zero-order valence-electron chi connectivity index (χ0n) is 11.0. The van der Waals surface area contributed by atoms with Gasteiger partial charge in [-0.15, -0.1) is 0 Å². The summed E-state index contributed by atoms with van der Waals surface area (Å²) in [5.41, 5.74) is 1.64. The molecule has 0 radical (unpaired) electrons. The highest BCUT2D eigenvalue weighted by Crippen LogP contribution is 2.26. The summed E-state index contributed by atoms with van der Waals surface area (Å²) in [5, 5.41) is 9.06. The number of aromatic nitrogens is 2. The summed E-state index contributed by atoms with van der Waals surface area (Å²) in [4.78, 5) is 7.27. The standard InChI is InChI=1S/C15H14N2O3/c1-19-10-2-4-11(5-3-10)20-12-6-7-13-14(8-12)17-15(9-18)16-13/h2-8,18H,9H2,1H3,(H,16,17). The molecule has 2 N–H and O–H groups in total. The molecule has 0 aliphatic rings. The van der Waals surface area contributed by atoms with Crippen molar-refractivity contribution in [3.8, 4) is 17.2 Å². The van der Waals surface area contributed by atoms with Crippen LogP contribution in [0.5, 0.6) is 17.2 Å². The van der Waals surface area contributed by atoms with Gasteiger partial charge in [0.25, 0.3) is 0 Å². The fourth-order valence-corrected chi connectivity index (χ4v) is 1.96. The third-order valence-electron chi connectivity index (χ3n) is 2.95. The Morgan fingerprint density at radius 2 is 1.75 bits per heavy atom. The van der Waals surface area contributed by atoms with E-state index in [-0.39, 0.29) is 6.61 Å². The van der Waals surface area contributed by atoms with E-state index in [4.69, 9.17) is 14.6 Å². The molecule has 0 saturated carbocycles. The fourth-order valence-electron chi connectivity index (χ4n) is 1.96. The van der Waals surface area contributed by atoms with Crippen LogP contribution < -0.4 is 9.47 Å². The molecule has 2 aromatic carbocycles. The molecule has 0 saturated heterocycles. The number of H-pyrrole nitrogens is 1. The van der Waals surface area contributed by atoms with Crippen LogP contribution in [-0.4, -0.2) is 22.2 Å². The molecular weight excluding hydrogens is 256 g/mol. The van der Waals surface area contributed by atoms with Gasteiger partial charge in [-0.3, -0.25) is 0 Å². The lowest BCUT2D eigenvalue weighted by Gasteiger charge is -2.06. The van der Waals surface area contributed by atoms with Crippen molar-refractivity contribution in [3.63, 3.8) is 0 Å². The molecule has 0 aliphatic carbocycles. The van der Waals surface area contributed by atoms with E-state index in [1.807, 2.05) is 42.5 Å². The summed E-state index contributed by atoms with van der Waals surface area (Å²) in [6, 6.07) is 12.9. The third-order valence-corrected chi connectivity index (χ3v) is 2.95. The van der Waals surface area contributed by atoms with E-state index in [1.165, 1.54) is 0 Å². The van der Waals surface area contributed by atoms with Crippen molar-refractivity contribution in [2.75, 3.05) is 7.11 Å². The molecule has 0 bridgehead atoms. The summed E-state index contributed by atoms with van der Waals surface area (Å²) in [6.07, 6.45) is 0. The second-order valence-electron chi connectivity index (χ2n) is 4.30. The highest BCUT2D eigenvalue weighted by Gasteiger charge is 2.04. The number of nitrogens with zero attached hydrogens (tertiary/aromatic N) is 1. The van der Waals surface area contributed by atoms with Crippen LogP contribution in [0.15, 0.2) is 42.5 Å². The number of methoxy groups -OCH3 is 1. The largest absolute Gasteiger partial charge is 0.497 e. The number of aliphatic hydroxyl groups is 1. The van der Waals surface area contributed by atoms with E-state index in [9.17, 15) is 0 Å². The number of rotatable bonds is 4. The smallest absolute Gasteiger partial charge is 0.133 e. The van der Waals surface area contributed by atoms with Crippen molar-refractivity contribution in [1.29, 1.82) is 0 Å². The first-order valence-electron chi connectivity index (χ1n) is 6.20. The molecule has 3 rings (SSSR count). The van der Waals surface area contributed by atoms with Gasteiger partial charge >= 0.3 is 0 Å². The van der Waals surface area contributed by atoms with Gasteiger partial charge in [-0.2, -0.15) is 0 Å². The van der Waals surface area contributed by atoms with E-state index in [0.717, 1.165) is 22.5 Å². The summed E-state index contributed by atoms with van der Waals surface area (Å²) in [5.74, 6) is 2.75. The number of imidazole rings is 1. The van der Waals surface area contributed by atoms with Crippen LogP contribution >= 0.6 is 0 Å². The molecular formula is C15H14N2O3. The van der Waals surface area contributed by atoms with Crippen LogP contribution in [0.2, 0.25) is 0 Å². The number of aromatic amines is 1. The second-order valence-corrected chi connectivity index (χ2v) is 4.30. The first kappa shape index (κ1) is 12.5. The number of nitrogens with one attached hydrogen (secondary N) is 1. The lowest BCUT2D eigenvalue weighted by molar-refractivity contribution is 0.273. The highest BCUT2D eigenvalue weighted by molar-refractivity contribution is 5.76.